The van der Waals surface area contributed by atoms with Gasteiger partial charge in [-0.2, -0.15) is 10.2 Å². The van der Waals surface area contributed by atoms with Gasteiger partial charge in [0.05, 0.1) is 11.3 Å². The van der Waals surface area contributed by atoms with Gasteiger partial charge in [-0.1, -0.05) is 41.6 Å². The van der Waals surface area contributed by atoms with Crippen molar-refractivity contribution in [3.8, 4) is 0 Å². The number of hydrogen-bond donors (Lipinski definition) is 1. The number of benzene rings is 1. The Morgan fingerprint density at radius 2 is 2.12 bits per heavy atom. The van der Waals surface area contributed by atoms with Gasteiger partial charge >= 0.3 is 0 Å². The summed E-state index contributed by atoms with van der Waals surface area (Å²) in [6.45, 7) is 0. The lowest BCUT2D eigenvalue weighted by Gasteiger charge is -2.18. The minimum Gasteiger partial charge on any atom is -0.303 e. The predicted molar refractivity (Wildman–Crippen MR) is 74.2 cm³/mol. The first-order valence-corrected chi connectivity index (χ1v) is 5.82. The van der Waals surface area contributed by atoms with Crippen LogP contribution in [-0.2, 0) is 0 Å². The summed E-state index contributed by atoms with van der Waals surface area (Å²) < 4.78 is 0. The van der Waals surface area contributed by atoms with Gasteiger partial charge in [-0.15, -0.1) is 12.4 Å². The maximum Gasteiger partial charge on any atom is 0.104 e. The number of nitrogens with one attached hydrogen (secondary N) is 1. The molecule has 0 saturated carbocycles. The van der Waals surface area contributed by atoms with Crippen LogP contribution in [0.2, 0.25) is 5.02 Å². The summed E-state index contributed by atoms with van der Waals surface area (Å²) >= 11 is 7.69. The molecule has 1 aromatic rings. The normalized spacial score (nSPS) is 18.9. The molecule has 1 atom stereocenters. The smallest absolute Gasteiger partial charge is 0.104 e. The number of nitrogens with zero attached hydrogens (tertiary/aromatic N) is 2. The second-order valence-corrected chi connectivity index (χ2v) is 4.35. The molecule has 0 spiro atoms. The van der Waals surface area contributed by atoms with Crippen LogP contribution < -0.4 is 5.32 Å². The maximum absolute atomic E-state index is 6.11. The maximum atomic E-state index is 6.11. The zero-order valence-electron chi connectivity index (χ0n) is 8.55. The monoisotopic (exact) mass is 275 g/mol. The van der Waals surface area contributed by atoms with Gasteiger partial charge in [-0.25, -0.2) is 0 Å². The molecule has 1 unspecified atom stereocenters. The molecule has 0 aliphatic carbocycles. The topological polar surface area (TPSA) is 36.8 Å². The molecule has 1 aliphatic heterocycles. The van der Waals surface area contributed by atoms with Gasteiger partial charge in [0.15, 0.2) is 0 Å². The predicted octanol–water partition coefficient (Wildman–Crippen LogP) is 2.79. The van der Waals surface area contributed by atoms with Crippen molar-refractivity contribution in [2.24, 2.45) is 10.2 Å². The average Bonchev–Trinajstić information content (AvgIpc) is 2.30. The van der Waals surface area contributed by atoms with E-state index in [1.165, 1.54) is 0 Å². The summed E-state index contributed by atoms with van der Waals surface area (Å²) in [7, 11) is 1.89. The molecule has 0 bridgehead atoms. The zero-order valence-corrected chi connectivity index (χ0v) is 10.9. The van der Waals surface area contributed by atoms with Crippen molar-refractivity contribution in [2.45, 2.75) is 5.37 Å². The molecule has 0 saturated heterocycles. The number of hydrogen-bond acceptors (Lipinski definition) is 4. The van der Waals surface area contributed by atoms with Crippen LogP contribution in [0.3, 0.4) is 0 Å². The van der Waals surface area contributed by atoms with Gasteiger partial charge in [0.1, 0.15) is 5.37 Å². The first kappa shape index (κ1) is 13.5. The standard InChI is InChI=1S/C10H10ClN3S.ClH/c1-12-10-9(14-13-6-15-10)7-4-2-3-5-8(7)11;/h2-6,10,12H,1H3;1H. The molecular formula is C10H11Cl2N3S. The van der Waals surface area contributed by atoms with E-state index < -0.39 is 0 Å². The lowest BCUT2D eigenvalue weighted by Crippen LogP contribution is -2.33. The van der Waals surface area contributed by atoms with Crippen LogP contribution in [-0.4, -0.2) is 23.7 Å². The van der Waals surface area contributed by atoms with Crippen LogP contribution in [0.1, 0.15) is 5.56 Å². The number of rotatable bonds is 2. The third-order valence-electron chi connectivity index (χ3n) is 2.07. The summed E-state index contributed by atoms with van der Waals surface area (Å²) in [5.74, 6) is 0. The molecule has 0 radical (unpaired) electrons. The van der Waals surface area contributed by atoms with E-state index in [0.29, 0.717) is 5.02 Å². The molecule has 0 fully saturated rings. The largest absolute Gasteiger partial charge is 0.303 e. The molecular weight excluding hydrogens is 265 g/mol. The van der Waals surface area contributed by atoms with Gasteiger partial charge in [0.2, 0.25) is 0 Å². The van der Waals surface area contributed by atoms with Gasteiger partial charge in [-0.3, -0.25) is 0 Å². The van der Waals surface area contributed by atoms with E-state index in [4.69, 9.17) is 11.6 Å². The molecule has 0 amide bonds. The zero-order chi connectivity index (χ0) is 10.7. The SMILES string of the molecule is CNC1SC=NN=C1c1ccccc1Cl.Cl. The first-order valence-electron chi connectivity index (χ1n) is 4.50. The highest BCUT2D eigenvalue weighted by molar-refractivity contribution is 8.13. The van der Waals surface area contributed by atoms with Crippen molar-refractivity contribution < 1.29 is 0 Å². The van der Waals surface area contributed by atoms with E-state index in [-0.39, 0.29) is 17.8 Å². The highest BCUT2D eigenvalue weighted by atomic mass is 35.5. The minimum absolute atomic E-state index is 0. The average molecular weight is 276 g/mol. The fourth-order valence-electron chi connectivity index (χ4n) is 1.36. The molecule has 86 valence electrons. The van der Waals surface area contributed by atoms with Crippen molar-refractivity contribution in [1.29, 1.82) is 0 Å². The van der Waals surface area contributed by atoms with Crippen LogP contribution in [0.5, 0.6) is 0 Å². The van der Waals surface area contributed by atoms with Gasteiger partial charge in [-0.05, 0) is 13.1 Å². The molecule has 1 aromatic carbocycles. The van der Waals surface area contributed by atoms with Crippen molar-refractivity contribution in [3.63, 3.8) is 0 Å². The Morgan fingerprint density at radius 1 is 1.38 bits per heavy atom. The van der Waals surface area contributed by atoms with Gasteiger partial charge in [0, 0.05) is 10.6 Å². The molecule has 1 aliphatic rings. The molecule has 3 nitrogen and oxygen atoms in total. The third-order valence-corrected chi connectivity index (χ3v) is 3.35. The lowest BCUT2D eigenvalue weighted by atomic mass is 10.1. The van der Waals surface area contributed by atoms with E-state index >= 15 is 0 Å². The first-order chi connectivity index (χ1) is 7.33. The third kappa shape index (κ3) is 2.77. The quantitative estimate of drug-likeness (QED) is 0.901. The summed E-state index contributed by atoms with van der Waals surface area (Å²) in [5.41, 5.74) is 3.53. The Kier molecular flexibility index (Phi) is 5.28. The Bertz CT molecular complexity index is 420. The van der Waals surface area contributed by atoms with Crippen LogP contribution in [0.25, 0.3) is 0 Å². The summed E-state index contributed by atoms with van der Waals surface area (Å²) in [5, 5.41) is 12.0. The van der Waals surface area contributed by atoms with Crippen LogP contribution in [0, 0.1) is 0 Å². The summed E-state index contributed by atoms with van der Waals surface area (Å²) in [6.07, 6.45) is 0. The molecule has 1 N–H and O–H groups in total. The number of likely N-dealkylation sites (N-methyl/N-ethyl adjacent to an activating group) is 1. The second-order valence-electron chi connectivity index (χ2n) is 2.99. The highest BCUT2D eigenvalue weighted by Gasteiger charge is 2.20. The van der Waals surface area contributed by atoms with Crippen molar-refractivity contribution >= 4 is 47.0 Å². The van der Waals surface area contributed by atoms with E-state index in [1.54, 1.807) is 17.3 Å². The minimum atomic E-state index is 0. The fraction of sp³-hybridized carbons (Fsp3) is 0.200. The highest BCUT2D eigenvalue weighted by Crippen LogP contribution is 2.22. The number of halogens is 2. The van der Waals surface area contributed by atoms with E-state index in [0.717, 1.165) is 11.3 Å². The van der Waals surface area contributed by atoms with Crippen LogP contribution >= 0.6 is 35.8 Å². The Hall–Kier alpha value is -0.550. The molecule has 16 heavy (non-hydrogen) atoms. The molecule has 6 heteroatoms. The van der Waals surface area contributed by atoms with Gasteiger partial charge in [0.25, 0.3) is 0 Å². The van der Waals surface area contributed by atoms with Crippen LogP contribution in [0.4, 0.5) is 0 Å². The van der Waals surface area contributed by atoms with Gasteiger partial charge < -0.3 is 5.32 Å². The van der Waals surface area contributed by atoms with Crippen LogP contribution in [0.15, 0.2) is 34.5 Å². The van der Waals surface area contributed by atoms with E-state index in [2.05, 4.69) is 15.5 Å². The Balaban J connectivity index is 0.00000128. The Labute approximate surface area is 110 Å². The second kappa shape index (κ2) is 6.25. The Morgan fingerprint density at radius 3 is 2.81 bits per heavy atom. The summed E-state index contributed by atoms with van der Waals surface area (Å²) in [6, 6.07) is 7.65. The van der Waals surface area contributed by atoms with E-state index in [1.807, 2.05) is 31.3 Å². The van der Waals surface area contributed by atoms with Crippen molar-refractivity contribution in [1.82, 2.24) is 5.32 Å². The van der Waals surface area contributed by atoms with Crippen molar-refractivity contribution in [3.05, 3.63) is 34.9 Å². The van der Waals surface area contributed by atoms with E-state index in [9.17, 15) is 0 Å². The molecule has 0 aromatic heterocycles. The fourth-order valence-corrected chi connectivity index (χ4v) is 2.25. The number of thioether (sulfide) groups is 1. The summed E-state index contributed by atoms with van der Waals surface area (Å²) in [4.78, 5) is 0. The molecule has 2 rings (SSSR count). The lowest BCUT2D eigenvalue weighted by molar-refractivity contribution is 0.891. The van der Waals surface area contributed by atoms with Crippen molar-refractivity contribution in [2.75, 3.05) is 7.05 Å². The molecule has 1 heterocycles.